The first kappa shape index (κ1) is 14.9. The zero-order valence-electron chi connectivity index (χ0n) is 10.8. The Morgan fingerprint density at radius 1 is 1.17 bits per heavy atom. The summed E-state index contributed by atoms with van der Waals surface area (Å²) in [7, 11) is -2.13. The Kier molecular flexibility index (Phi) is 5.54. The van der Waals surface area contributed by atoms with Crippen molar-refractivity contribution in [2.75, 3.05) is 20.3 Å². The molecule has 1 aromatic carbocycles. The Labute approximate surface area is 107 Å². The molecule has 0 saturated heterocycles. The lowest BCUT2D eigenvalue weighted by Gasteiger charge is -2.26. The van der Waals surface area contributed by atoms with Gasteiger partial charge in [-0.2, -0.15) is 0 Å². The summed E-state index contributed by atoms with van der Waals surface area (Å²) in [5, 5.41) is 0. The molecule has 100 valence electrons. The van der Waals surface area contributed by atoms with E-state index in [0.29, 0.717) is 5.56 Å². The summed E-state index contributed by atoms with van der Waals surface area (Å²) in [4.78, 5) is 12.1. The van der Waals surface area contributed by atoms with Crippen LogP contribution in [0.25, 0.3) is 0 Å². The lowest BCUT2D eigenvalue weighted by Crippen LogP contribution is -2.26. The first-order valence-corrected chi connectivity index (χ1v) is 7.27. The fourth-order valence-corrected chi connectivity index (χ4v) is 2.83. The van der Waals surface area contributed by atoms with Gasteiger partial charge in [-0.05, 0) is 26.0 Å². The molecule has 1 rings (SSSR count). The molecule has 0 radical (unpaired) electrons. The molecular formula is C12H18NO4P. The molecule has 0 aliphatic rings. The number of hydrogen-bond acceptors (Lipinski definition) is 4. The molecule has 0 atom stereocenters. The highest BCUT2D eigenvalue weighted by atomic mass is 31.2. The van der Waals surface area contributed by atoms with Gasteiger partial charge in [-0.3, -0.25) is 13.8 Å². The topological polar surface area (TPSA) is 55.8 Å². The molecule has 0 fully saturated rings. The van der Waals surface area contributed by atoms with E-state index in [2.05, 4.69) is 0 Å². The van der Waals surface area contributed by atoms with Crippen molar-refractivity contribution in [3.05, 3.63) is 35.9 Å². The highest BCUT2D eigenvalue weighted by Gasteiger charge is 2.34. The minimum absolute atomic E-state index is 0.212. The number of rotatable bonds is 6. The number of carbonyl (C=O) groups excluding carboxylic acids is 1. The lowest BCUT2D eigenvalue weighted by molar-refractivity contribution is 0.0821. The normalized spacial score (nSPS) is 11.3. The van der Waals surface area contributed by atoms with Gasteiger partial charge in [-0.15, -0.1) is 0 Å². The molecule has 0 unspecified atom stereocenters. The number of nitrogens with zero attached hydrogens (tertiary/aromatic N) is 1. The molecule has 0 aromatic heterocycles. The average Bonchev–Trinajstić information content (AvgIpc) is 2.38. The van der Waals surface area contributed by atoms with Crippen molar-refractivity contribution in [3.63, 3.8) is 0 Å². The van der Waals surface area contributed by atoms with Crippen molar-refractivity contribution in [1.82, 2.24) is 4.67 Å². The molecule has 18 heavy (non-hydrogen) atoms. The van der Waals surface area contributed by atoms with E-state index in [1.807, 2.05) is 0 Å². The summed E-state index contributed by atoms with van der Waals surface area (Å²) in [6.45, 7) is 3.83. The molecule has 0 spiro atoms. The van der Waals surface area contributed by atoms with E-state index in [1.165, 1.54) is 7.05 Å². The van der Waals surface area contributed by atoms with E-state index in [1.54, 1.807) is 44.2 Å². The molecule has 0 N–H and O–H groups in total. The second-order valence-corrected chi connectivity index (χ2v) is 5.55. The fraction of sp³-hybridized carbons (Fsp3) is 0.417. The minimum atomic E-state index is -3.55. The number of carbonyl (C=O) groups is 1. The van der Waals surface area contributed by atoms with Crippen LogP contribution in [0.3, 0.4) is 0 Å². The number of hydrogen-bond donors (Lipinski definition) is 0. The summed E-state index contributed by atoms with van der Waals surface area (Å²) < 4.78 is 23.7. The first-order valence-electron chi connectivity index (χ1n) is 5.77. The maximum absolute atomic E-state index is 12.4. The van der Waals surface area contributed by atoms with E-state index in [4.69, 9.17) is 9.05 Å². The zero-order valence-corrected chi connectivity index (χ0v) is 11.7. The van der Waals surface area contributed by atoms with Crippen LogP contribution in [0.1, 0.15) is 24.2 Å². The molecule has 0 heterocycles. The molecule has 0 bridgehead atoms. The third kappa shape index (κ3) is 3.42. The van der Waals surface area contributed by atoms with Gasteiger partial charge >= 0.3 is 7.75 Å². The molecule has 0 aliphatic heterocycles. The maximum Gasteiger partial charge on any atom is 0.437 e. The summed E-state index contributed by atoms with van der Waals surface area (Å²) in [6, 6.07) is 8.60. The van der Waals surface area contributed by atoms with Crippen LogP contribution < -0.4 is 0 Å². The van der Waals surface area contributed by atoms with Gasteiger partial charge in [-0.25, -0.2) is 9.24 Å². The summed E-state index contributed by atoms with van der Waals surface area (Å²) in [5.41, 5.74) is 0.444. The Morgan fingerprint density at radius 3 is 2.11 bits per heavy atom. The van der Waals surface area contributed by atoms with Crippen LogP contribution in [0, 0.1) is 0 Å². The second-order valence-electron chi connectivity index (χ2n) is 3.50. The van der Waals surface area contributed by atoms with Crippen molar-refractivity contribution in [2.45, 2.75) is 13.8 Å². The second kappa shape index (κ2) is 6.69. The van der Waals surface area contributed by atoms with Gasteiger partial charge in [0.15, 0.2) is 0 Å². The van der Waals surface area contributed by atoms with Crippen LogP contribution in [0.5, 0.6) is 0 Å². The highest BCUT2D eigenvalue weighted by molar-refractivity contribution is 7.52. The molecule has 1 amide bonds. The van der Waals surface area contributed by atoms with Crippen molar-refractivity contribution in [3.8, 4) is 0 Å². The largest absolute Gasteiger partial charge is 0.437 e. The van der Waals surface area contributed by atoms with Crippen molar-refractivity contribution in [2.24, 2.45) is 0 Å². The standard InChI is InChI=1S/C12H18NO4P/c1-4-16-18(15,17-5-2)13(3)12(14)11-9-7-6-8-10-11/h6-10H,4-5H2,1-3H3. The lowest BCUT2D eigenvalue weighted by atomic mass is 10.2. The van der Waals surface area contributed by atoms with Gasteiger partial charge in [0.2, 0.25) is 0 Å². The van der Waals surface area contributed by atoms with Crippen LogP contribution >= 0.6 is 7.75 Å². The van der Waals surface area contributed by atoms with E-state index in [-0.39, 0.29) is 19.1 Å². The summed E-state index contributed by atoms with van der Waals surface area (Å²) in [5.74, 6) is -0.388. The van der Waals surface area contributed by atoms with E-state index >= 15 is 0 Å². The monoisotopic (exact) mass is 271 g/mol. The van der Waals surface area contributed by atoms with E-state index in [0.717, 1.165) is 4.67 Å². The zero-order chi connectivity index (χ0) is 13.6. The first-order chi connectivity index (χ1) is 8.55. The van der Waals surface area contributed by atoms with Crippen LogP contribution in [0.2, 0.25) is 0 Å². The molecule has 5 nitrogen and oxygen atoms in total. The predicted molar refractivity (Wildman–Crippen MR) is 69.4 cm³/mol. The fourth-order valence-electron chi connectivity index (χ4n) is 1.42. The smallest absolute Gasteiger partial charge is 0.292 e. The summed E-state index contributed by atoms with van der Waals surface area (Å²) in [6.07, 6.45) is 0. The van der Waals surface area contributed by atoms with Crippen LogP contribution in [0.15, 0.2) is 30.3 Å². The predicted octanol–water partition coefficient (Wildman–Crippen LogP) is 2.94. The molecule has 6 heteroatoms. The van der Waals surface area contributed by atoms with Crippen molar-refractivity contribution < 1.29 is 18.4 Å². The third-order valence-electron chi connectivity index (χ3n) is 2.27. The Hall–Kier alpha value is -1.16. The van der Waals surface area contributed by atoms with Gasteiger partial charge < -0.3 is 0 Å². The van der Waals surface area contributed by atoms with Crippen molar-refractivity contribution in [1.29, 1.82) is 0 Å². The van der Waals surface area contributed by atoms with Gasteiger partial charge in [0.05, 0.1) is 13.2 Å². The van der Waals surface area contributed by atoms with Crippen LogP contribution in [-0.4, -0.2) is 30.8 Å². The van der Waals surface area contributed by atoms with Crippen LogP contribution in [-0.2, 0) is 13.6 Å². The number of amides is 1. The van der Waals surface area contributed by atoms with Crippen LogP contribution in [0.4, 0.5) is 0 Å². The molecule has 1 aromatic rings. The average molecular weight is 271 g/mol. The third-order valence-corrected chi connectivity index (χ3v) is 4.35. The van der Waals surface area contributed by atoms with Crippen molar-refractivity contribution >= 4 is 13.7 Å². The quantitative estimate of drug-likeness (QED) is 0.746. The Morgan fingerprint density at radius 2 is 1.67 bits per heavy atom. The summed E-state index contributed by atoms with van der Waals surface area (Å²) >= 11 is 0. The SMILES string of the molecule is CCOP(=O)(OCC)N(C)C(=O)c1ccccc1. The molecule has 0 saturated carbocycles. The number of benzene rings is 1. The van der Waals surface area contributed by atoms with Gasteiger partial charge in [-0.1, -0.05) is 18.2 Å². The minimum Gasteiger partial charge on any atom is -0.292 e. The van der Waals surface area contributed by atoms with Gasteiger partial charge in [0, 0.05) is 12.6 Å². The Balaban J connectivity index is 2.93. The van der Waals surface area contributed by atoms with E-state index < -0.39 is 7.75 Å². The Bertz CT molecular complexity index is 425. The molecule has 0 aliphatic carbocycles. The highest BCUT2D eigenvalue weighted by Crippen LogP contribution is 2.51. The van der Waals surface area contributed by atoms with Gasteiger partial charge in [0.1, 0.15) is 0 Å². The maximum atomic E-state index is 12.4. The van der Waals surface area contributed by atoms with Gasteiger partial charge in [0.25, 0.3) is 5.91 Å². The van der Waals surface area contributed by atoms with E-state index in [9.17, 15) is 9.36 Å². The molecular weight excluding hydrogens is 253 g/mol.